The van der Waals surface area contributed by atoms with E-state index in [1.54, 1.807) is 0 Å². The molecule has 0 radical (unpaired) electrons. The molecule has 0 aliphatic rings. The second kappa shape index (κ2) is 5.32. The monoisotopic (exact) mass is 309 g/mol. The van der Waals surface area contributed by atoms with Crippen LogP contribution in [0.15, 0.2) is 22.7 Å². The molecule has 0 bridgehead atoms. The average Bonchev–Trinajstić information content (AvgIpc) is 2.86. The van der Waals surface area contributed by atoms with Gasteiger partial charge in [-0.1, -0.05) is 5.16 Å². The number of aromatic nitrogens is 1. The largest absolute Gasteiger partial charge is 0.494 e. The highest BCUT2D eigenvalue weighted by molar-refractivity contribution is 6.16. The van der Waals surface area contributed by atoms with Crippen LogP contribution in [0, 0.1) is 5.82 Å². The number of ether oxygens (including phenoxy) is 1. The normalized spacial score (nSPS) is 11.7. The molecular formula is C12H8ClF4NO2. The molecule has 0 spiro atoms. The number of hydrogen-bond donors (Lipinski definition) is 0. The molecule has 0 aliphatic carbocycles. The molecule has 2 aromatic rings. The van der Waals surface area contributed by atoms with Gasteiger partial charge in [0, 0.05) is 11.6 Å². The van der Waals surface area contributed by atoms with E-state index in [4.69, 9.17) is 16.1 Å². The molecule has 0 atom stereocenters. The van der Waals surface area contributed by atoms with E-state index >= 15 is 0 Å². The minimum Gasteiger partial charge on any atom is -0.494 e. The fourth-order valence-corrected chi connectivity index (χ4v) is 1.74. The van der Waals surface area contributed by atoms with E-state index in [0.29, 0.717) is 11.8 Å². The summed E-state index contributed by atoms with van der Waals surface area (Å²) in [6.45, 7) is 0. The molecule has 1 aromatic carbocycles. The van der Waals surface area contributed by atoms with Gasteiger partial charge in [-0.3, -0.25) is 0 Å². The van der Waals surface area contributed by atoms with Gasteiger partial charge in [0.05, 0.1) is 18.6 Å². The lowest BCUT2D eigenvalue weighted by atomic mass is 10.1. The maximum Gasteiger partial charge on any atom is 0.419 e. The Morgan fingerprint density at radius 1 is 1.30 bits per heavy atom. The highest BCUT2D eigenvalue weighted by atomic mass is 35.5. The summed E-state index contributed by atoms with van der Waals surface area (Å²) in [4.78, 5) is 0. The first-order valence-corrected chi connectivity index (χ1v) is 5.87. The van der Waals surface area contributed by atoms with Gasteiger partial charge < -0.3 is 9.26 Å². The molecule has 0 saturated carbocycles. The van der Waals surface area contributed by atoms with E-state index in [0.717, 1.165) is 13.2 Å². The van der Waals surface area contributed by atoms with Crippen LogP contribution in [0.2, 0.25) is 0 Å². The van der Waals surface area contributed by atoms with E-state index in [2.05, 4.69) is 9.89 Å². The van der Waals surface area contributed by atoms with Crippen molar-refractivity contribution in [2.24, 2.45) is 0 Å². The van der Waals surface area contributed by atoms with Gasteiger partial charge in [0.2, 0.25) is 0 Å². The van der Waals surface area contributed by atoms with Crippen LogP contribution in [0.3, 0.4) is 0 Å². The van der Waals surface area contributed by atoms with Gasteiger partial charge in [0.25, 0.3) is 0 Å². The maximum absolute atomic E-state index is 13.6. The summed E-state index contributed by atoms with van der Waals surface area (Å²) in [7, 11) is 1.08. The summed E-state index contributed by atoms with van der Waals surface area (Å²) in [6.07, 6.45) is -4.84. The lowest BCUT2D eigenvalue weighted by molar-refractivity contribution is -0.140. The minimum absolute atomic E-state index is 0.0238. The molecule has 108 valence electrons. The Bertz CT molecular complexity index is 624. The second-order valence-electron chi connectivity index (χ2n) is 3.85. The maximum atomic E-state index is 13.6. The van der Waals surface area contributed by atoms with E-state index in [9.17, 15) is 17.6 Å². The molecule has 0 saturated heterocycles. The molecule has 0 unspecified atom stereocenters. The average molecular weight is 310 g/mol. The molecule has 2 rings (SSSR count). The minimum atomic E-state index is -4.84. The Morgan fingerprint density at radius 3 is 2.50 bits per heavy atom. The Balaban J connectivity index is 2.59. The number of hydrogen-bond acceptors (Lipinski definition) is 3. The van der Waals surface area contributed by atoms with Gasteiger partial charge in [-0.25, -0.2) is 4.39 Å². The number of methoxy groups -OCH3 is 1. The first kappa shape index (κ1) is 14.6. The lowest BCUT2D eigenvalue weighted by Crippen LogP contribution is -2.09. The molecular weight excluding hydrogens is 302 g/mol. The number of nitrogens with zero attached hydrogens (tertiary/aromatic N) is 1. The van der Waals surface area contributed by atoms with Gasteiger partial charge in [0.1, 0.15) is 5.69 Å². The first-order valence-electron chi connectivity index (χ1n) is 5.33. The van der Waals surface area contributed by atoms with Crippen LogP contribution < -0.4 is 4.74 Å². The first-order chi connectivity index (χ1) is 9.36. The highest BCUT2D eigenvalue weighted by Gasteiger charge is 2.36. The standard InChI is InChI=1S/C12H8ClF4NO2/c1-19-10-3-6(9-4-7(5-13)20-18-9)2-8(11(10)14)12(15,16)17/h2-4H,5H2,1H3. The molecule has 0 N–H and O–H groups in total. The Hall–Kier alpha value is -1.76. The summed E-state index contributed by atoms with van der Waals surface area (Å²) in [6, 6.07) is 3.13. The van der Waals surface area contributed by atoms with E-state index < -0.39 is 23.3 Å². The van der Waals surface area contributed by atoms with Crippen LogP contribution >= 0.6 is 11.6 Å². The predicted molar refractivity (Wildman–Crippen MR) is 63.0 cm³/mol. The topological polar surface area (TPSA) is 35.3 Å². The third-order valence-corrected chi connectivity index (χ3v) is 2.81. The van der Waals surface area contributed by atoms with Crippen molar-refractivity contribution in [3.05, 3.63) is 35.3 Å². The van der Waals surface area contributed by atoms with Crippen molar-refractivity contribution in [2.75, 3.05) is 7.11 Å². The number of alkyl halides is 4. The Kier molecular flexibility index (Phi) is 3.89. The van der Waals surface area contributed by atoms with Crippen LogP contribution in [-0.4, -0.2) is 12.3 Å². The van der Waals surface area contributed by atoms with Gasteiger partial charge in [-0.2, -0.15) is 13.2 Å². The molecule has 1 aromatic heterocycles. The van der Waals surface area contributed by atoms with Crippen molar-refractivity contribution < 1.29 is 26.8 Å². The molecule has 3 nitrogen and oxygen atoms in total. The van der Waals surface area contributed by atoms with E-state index in [1.807, 2.05) is 0 Å². The Morgan fingerprint density at radius 2 is 2.00 bits per heavy atom. The summed E-state index contributed by atoms with van der Waals surface area (Å²) < 4.78 is 61.4. The van der Waals surface area contributed by atoms with Crippen molar-refractivity contribution in [2.45, 2.75) is 12.1 Å². The molecule has 0 amide bonds. The van der Waals surface area contributed by atoms with Crippen molar-refractivity contribution in [1.29, 1.82) is 0 Å². The quantitative estimate of drug-likeness (QED) is 0.628. The zero-order valence-corrected chi connectivity index (χ0v) is 10.8. The van der Waals surface area contributed by atoms with Crippen LogP contribution in [0.1, 0.15) is 11.3 Å². The van der Waals surface area contributed by atoms with Crippen molar-refractivity contribution in [3.63, 3.8) is 0 Å². The van der Waals surface area contributed by atoms with Crippen LogP contribution in [-0.2, 0) is 12.1 Å². The van der Waals surface area contributed by atoms with Gasteiger partial charge >= 0.3 is 6.18 Å². The predicted octanol–water partition coefficient (Wildman–Crippen LogP) is 4.25. The molecule has 20 heavy (non-hydrogen) atoms. The van der Waals surface area contributed by atoms with E-state index in [1.165, 1.54) is 6.07 Å². The van der Waals surface area contributed by atoms with Gasteiger partial charge in [-0.05, 0) is 12.1 Å². The van der Waals surface area contributed by atoms with Crippen LogP contribution in [0.25, 0.3) is 11.3 Å². The van der Waals surface area contributed by atoms with Crippen molar-refractivity contribution >= 4 is 11.6 Å². The van der Waals surface area contributed by atoms with Crippen molar-refractivity contribution in [1.82, 2.24) is 5.16 Å². The molecule has 1 heterocycles. The second-order valence-corrected chi connectivity index (χ2v) is 4.12. The number of rotatable bonds is 3. The molecule has 0 aliphatic heterocycles. The Labute approximate surface area is 116 Å². The third-order valence-electron chi connectivity index (χ3n) is 2.55. The lowest BCUT2D eigenvalue weighted by Gasteiger charge is -2.12. The highest BCUT2D eigenvalue weighted by Crippen LogP contribution is 2.38. The summed E-state index contributed by atoms with van der Waals surface area (Å²) in [5.74, 6) is -1.68. The fraction of sp³-hybridized carbons (Fsp3) is 0.250. The molecule has 8 heteroatoms. The van der Waals surface area contributed by atoms with Gasteiger partial charge in [0.15, 0.2) is 17.3 Å². The zero-order valence-electron chi connectivity index (χ0n) is 10.1. The van der Waals surface area contributed by atoms with Crippen LogP contribution in [0.5, 0.6) is 5.75 Å². The summed E-state index contributed by atoms with van der Waals surface area (Å²) in [5, 5.41) is 3.58. The van der Waals surface area contributed by atoms with E-state index in [-0.39, 0.29) is 17.1 Å². The zero-order chi connectivity index (χ0) is 14.9. The number of halogens is 5. The fourth-order valence-electron chi connectivity index (χ4n) is 1.61. The third kappa shape index (κ3) is 2.72. The summed E-state index contributed by atoms with van der Waals surface area (Å²) >= 11 is 5.52. The van der Waals surface area contributed by atoms with Crippen molar-refractivity contribution in [3.8, 4) is 17.0 Å². The molecule has 0 fully saturated rings. The van der Waals surface area contributed by atoms with Gasteiger partial charge in [-0.15, -0.1) is 11.6 Å². The smallest absolute Gasteiger partial charge is 0.419 e. The van der Waals surface area contributed by atoms with Crippen LogP contribution in [0.4, 0.5) is 17.6 Å². The SMILES string of the molecule is COc1cc(-c2cc(CCl)on2)cc(C(F)(F)F)c1F. The number of benzene rings is 1. The summed E-state index contributed by atoms with van der Waals surface area (Å²) in [5.41, 5.74) is -1.29.